The van der Waals surface area contributed by atoms with Crippen LogP contribution < -0.4 is 0 Å². The molecule has 0 aliphatic carbocycles. The Bertz CT molecular complexity index is 615. The Hall–Kier alpha value is -1.63. The number of carboxylic acid groups (broad SMARTS) is 1. The van der Waals surface area contributed by atoms with E-state index in [0.29, 0.717) is 4.47 Å². The third-order valence-electron chi connectivity index (χ3n) is 3.34. The van der Waals surface area contributed by atoms with Crippen molar-refractivity contribution in [3.8, 4) is 0 Å². The summed E-state index contributed by atoms with van der Waals surface area (Å²) in [4.78, 5) is 25.3. The first-order chi connectivity index (χ1) is 10.4. The molecule has 0 saturated heterocycles. The van der Waals surface area contributed by atoms with Crippen LogP contribution in [0.25, 0.3) is 0 Å². The number of hydrogen-bond acceptors (Lipinski definition) is 3. The van der Waals surface area contributed by atoms with Gasteiger partial charge in [-0.25, -0.2) is 14.0 Å². The quantitative estimate of drug-likeness (QED) is 0.839. The van der Waals surface area contributed by atoms with Gasteiger partial charge in [-0.05, 0) is 46.8 Å². The number of carbonyl (C=O) groups is 2. The molecule has 0 saturated carbocycles. The van der Waals surface area contributed by atoms with Gasteiger partial charge in [-0.3, -0.25) is 4.90 Å². The van der Waals surface area contributed by atoms with Crippen molar-refractivity contribution in [3.63, 3.8) is 0 Å². The SMILES string of the molecule is CCN(C(=O)OC(C)(C)C)C(C)(C(=O)O)c1ccc(Br)cc1F. The second-order valence-corrected chi connectivity index (χ2v) is 7.14. The highest BCUT2D eigenvalue weighted by Gasteiger charge is 2.46. The summed E-state index contributed by atoms with van der Waals surface area (Å²) in [5.74, 6) is -2.06. The lowest BCUT2D eigenvalue weighted by atomic mass is 9.89. The number of rotatable bonds is 4. The maximum absolute atomic E-state index is 14.3. The fraction of sp³-hybridized carbons (Fsp3) is 0.500. The van der Waals surface area contributed by atoms with E-state index >= 15 is 0 Å². The maximum atomic E-state index is 14.3. The van der Waals surface area contributed by atoms with Crippen molar-refractivity contribution in [1.29, 1.82) is 0 Å². The average Bonchev–Trinajstić information content (AvgIpc) is 2.36. The molecule has 1 amide bonds. The van der Waals surface area contributed by atoms with E-state index in [9.17, 15) is 19.1 Å². The minimum Gasteiger partial charge on any atom is -0.479 e. The Labute approximate surface area is 143 Å². The predicted molar refractivity (Wildman–Crippen MR) is 87.7 cm³/mol. The summed E-state index contributed by atoms with van der Waals surface area (Å²) in [5.41, 5.74) is -2.79. The number of carbonyl (C=O) groups excluding carboxylic acids is 1. The Kier molecular flexibility index (Phi) is 5.79. The second kappa shape index (κ2) is 6.86. The zero-order valence-electron chi connectivity index (χ0n) is 13.8. The van der Waals surface area contributed by atoms with Gasteiger partial charge in [0.1, 0.15) is 11.4 Å². The summed E-state index contributed by atoms with van der Waals surface area (Å²) in [6.45, 7) is 7.98. The summed E-state index contributed by atoms with van der Waals surface area (Å²) in [5, 5.41) is 9.70. The van der Waals surface area contributed by atoms with Gasteiger partial charge in [0.25, 0.3) is 0 Å². The molecular formula is C16H21BrFNO4. The van der Waals surface area contributed by atoms with E-state index in [1.54, 1.807) is 27.7 Å². The zero-order valence-corrected chi connectivity index (χ0v) is 15.4. The molecule has 0 bridgehead atoms. The number of carboxylic acids is 1. The van der Waals surface area contributed by atoms with E-state index in [2.05, 4.69) is 15.9 Å². The lowest BCUT2D eigenvalue weighted by molar-refractivity contribution is -0.151. The van der Waals surface area contributed by atoms with Crippen molar-refractivity contribution in [2.75, 3.05) is 6.54 Å². The van der Waals surface area contributed by atoms with Crippen LogP contribution in [-0.2, 0) is 15.1 Å². The minimum atomic E-state index is -1.89. The molecule has 128 valence electrons. The lowest BCUT2D eigenvalue weighted by Gasteiger charge is -2.38. The van der Waals surface area contributed by atoms with Crippen molar-refractivity contribution < 1.29 is 23.8 Å². The van der Waals surface area contributed by atoms with Gasteiger partial charge in [0.15, 0.2) is 5.54 Å². The number of ether oxygens (including phenoxy) is 1. The fourth-order valence-corrected chi connectivity index (χ4v) is 2.54. The van der Waals surface area contributed by atoms with Crippen molar-refractivity contribution in [2.24, 2.45) is 0 Å². The molecule has 1 aromatic carbocycles. The standard InChI is InChI=1S/C16H21BrFNO4/c1-6-19(14(22)23-15(2,3)4)16(5,13(20)21)11-8-7-10(17)9-12(11)18/h7-9H,6H2,1-5H3,(H,20,21). The van der Waals surface area contributed by atoms with Crippen LogP contribution in [0.3, 0.4) is 0 Å². The van der Waals surface area contributed by atoms with Crippen molar-refractivity contribution in [2.45, 2.75) is 45.8 Å². The van der Waals surface area contributed by atoms with Gasteiger partial charge in [-0.1, -0.05) is 22.0 Å². The van der Waals surface area contributed by atoms with Gasteiger partial charge in [-0.15, -0.1) is 0 Å². The Morgan fingerprint density at radius 1 is 1.30 bits per heavy atom. The molecule has 7 heteroatoms. The van der Waals surface area contributed by atoms with Crippen LogP contribution in [0.1, 0.15) is 40.2 Å². The third-order valence-corrected chi connectivity index (χ3v) is 3.84. The number of halogens is 2. The monoisotopic (exact) mass is 389 g/mol. The highest BCUT2D eigenvalue weighted by atomic mass is 79.9. The highest BCUT2D eigenvalue weighted by Crippen LogP contribution is 2.33. The molecule has 1 atom stereocenters. The Balaban J connectivity index is 3.41. The summed E-state index contributed by atoms with van der Waals surface area (Å²) in [7, 11) is 0. The molecule has 0 spiro atoms. The fourth-order valence-electron chi connectivity index (χ4n) is 2.21. The first kappa shape index (κ1) is 19.4. The third kappa shape index (κ3) is 4.22. The van der Waals surface area contributed by atoms with E-state index in [4.69, 9.17) is 4.74 Å². The molecule has 0 heterocycles. The maximum Gasteiger partial charge on any atom is 0.411 e. The second-order valence-electron chi connectivity index (χ2n) is 6.23. The molecule has 1 N–H and O–H groups in total. The number of nitrogens with zero attached hydrogens (tertiary/aromatic N) is 1. The number of hydrogen-bond donors (Lipinski definition) is 1. The molecular weight excluding hydrogens is 369 g/mol. The van der Waals surface area contributed by atoms with Crippen molar-refractivity contribution in [3.05, 3.63) is 34.1 Å². The Morgan fingerprint density at radius 3 is 2.26 bits per heavy atom. The van der Waals surface area contributed by atoms with Gasteiger partial charge in [-0.2, -0.15) is 0 Å². The van der Waals surface area contributed by atoms with E-state index in [-0.39, 0.29) is 12.1 Å². The smallest absolute Gasteiger partial charge is 0.411 e. The van der Waals surface area contributed by atoms with Crippen molar-refractivity contribution >= 4 is 28.0 Å². The highest BCUT2D eigenvalue weighted by molar-refractivity contribution is 9.10. The minimum absolute atomic E-state index is 0.0488. The van der Waals surface area contributed by atoms with Gasteiger partial charge < -0.3 is 9.84 Å². The van der Waals surface area contributed by atoms with Crippen LogP contribution >= 0.6 is 15.9 Å². The van der Waals surface area contributed by atoms with Crippen LogP contribution in [-0.4, -0.2) is 34.2 Å². The summed E-state index contributed by atoms with van der Waals surface area (Å²) < 4.78 is 20.1. The number of benzene rings is 1. The van der Waals surface area contributed by atoms with Crippen LogP contribution in [0, 0.1) is 5.82 Å². The summed E-state index contributed by atoms with van der Waals surface area (Å²) in [6, 6.07) is 4.04. The zero-order chi connectivity index (χ0) is 18.0. The largest absolute Gasteiger partial charge is 0.479 e. The Morgan fingerprint density at radius 2 is 1.87 bits per heavy atom. The summed E-state index contributed by atoms with van der Waals surface area (Å²) >= 11 is 3.13. The van der Waals surface area contributed by atoms with E-state index in [0.717, 1.165) is 4.90 Å². The lowest BCUT2D eigenvalue weighted by Crippen LogP contribution is -2.54. The molecule has 0 radical (unpaired) electrons. The topological polar surface area (TPSA) is 66.8 Å². The van der Waals surface area contributed by atoms with E-state index in [1.165, 1.54) is 25.1 Å². The molecule has 0 aromatic heterocycles. The van der Waals surface area contributed by atoms with Crippen LogP contribution in [0.4, 0.5) is 9.18 Å². The molecule has 23 heavy (non-hydrogen) atoms. The van der Waals surface area contributed by atoms with Crippen molar-refractivity contribution in [1.82, 2.24) is 4.90 Å². The van der Waals surface area contributed by atoms with E-state index < -0.39 is 29.0 Å². The van der Waals surface area contributed by atoms with Crippen LogP contribution in [0.5, 0.6) is 0 Å². The number of likely N-dealkylation sites (N-methyl/N-ethyl adjacent to an activating group) is 1. The molecule has 1 rings (SSSR count). The normalized spacial score (nSPS) is 14.0. The predicted octanol–water partition coefficient (Wildman–Crippen LogP) is 4.15. The van der Waals surface area contributed by atoms with Crippen LogP contribution in [0.2, 0.25) is 0 Å². The molecule has 0 aliphatic rings. The molecule has 0 aliphatic heterocycles. The number of amides is 1. The van der Waals surface area contributed by atoms with E-state index in [1.807, 2.05) is 0 Å². The summed E-state index contributed by atoms with van der Waals surface area (Å²) in [6.07, 6.45) is -0.813. The van der Waals surface area contributed by atoms with Gasteiger partial charge in [0.2, 0.25) is 0 Å². The molecule has 0 fully saturated rings. The van der Waals surface area contributed by atoms with Crippen LogP contribution in [0.15, 0.2) is 22.7 Å². The van der Waals surface area contributed by atoms with Gasteiger partial charge in [0, 0.05) is 16.6 Å². The average molecular weight is 390 g/mol. The van der Waals surface area contributed by atoms with Gasteiger partial charge in [0.05, 0.1) is 0 Å². The molecule has 5 nitrogen and oxygen atoms in total. The van der Waals surface area contributed by atoms with Gasteiger partial charge >= 0.3 is 12.1 Å². The number of aliphatic carboxylic acids is 1. The first-order valence-corrected chi connectivity index (χ1v) is 7.92. The molecule has 1 unspecified atom stereocenters. The molecule has 1 aromatic rings. The first-order valence-electron chi connectivity index (χ1n) is 7.13.